The molecular weight excluding hydrogens is 224 g/mol. The molecular formula is C15H26N2O. The van der Waals surface area contributed by atoms with Gasteiger partial charge in [0.25, 0.3) is 0 Å². The fourth-order valence-corrected chi connectivity index (χ4v) is 5.98. The molecule has 0 amide bonds. The molecule has 5 atom stereocenters. The summed E-state index contributed by atoms with van der Waals surface area (Å²) >= 11 is 0. The number of hydrogen-bond acceptors (Lipinski definition) is 3. The number of nitrogens with two attached hydrogens (primary N) is 1. The zero-order valence-electron chi connectivity index (χ0n) is 11.2. The minimum Gasteiger partial charge on any atom is -0.389 e. The van der Waals surface area contributed by atoms with Crippen molar-refractivity contribution in [1.29, 1.82) is 0 Å². The minimum atomic E-state index is -0.474. The van der Waals surface area contributed by atoms with E-state index < -0.39 is 5.60 Å². The topological polar surface area (TPSA) is 58.3 Å². The normalized spacial score (nSPS) is 58.3. The van der Waals surface area contributed by atoms with Crippen molar-refractivity contribution in [3.63, 3.8) is 0 Å². The van der Waals surface area contributed by atoms with Crippen LogP contribution < -0.4 is 11.1 Å². The van der Waals surface area contributed by atoms with E-state index in [1.165, 1.54) is 38.5 Å². The van der Waals surface area contributed by atoms with Crippen LogP contribution in [0.3, 0.4) is 0 Å². The van der Waals surface area contributed by atoms with Crippen LogP contribution in [0.5, 0.6) is 0 Å². The van der Waals surface area contributed by atoms with E-state index in [1.807, 2.05) is 0 Å². The Morgan fingerprint density at radius 3 is 2.28 bits per heavy atom. The standard InChI is InChI=1S/C15H26N2O/c16-9-14(6-10-1-2-11(14)5-10)15(18)7-12-3-4-13(8-15)17-12/h10-13,17-18H,1-9,16H2. The summed E-state index contributed by atoms with van der Waals surface area (Å²) in [5, 5.41) is 15.1. The number of nitrogens with one attached hydrogen (secondary N) is 1. The zero-order valence-corrected chi connectivity index (χ0v) is 11.2. The van der Waals surface area contributed by atoms with Crippen molar-refractivity contribution in [2.45, 2.75) is 69.1 Å². The lowest BCUT2D eigenvalue weighted by Gasteiger charge is -2.53. The maximum atomic E-state index is 11.4. The van der Waals surface area contributed by atoms with E-state index in [9.17, 15) is 5.11 Å². The Morgan fingerprint density at radius 1 is 1.06 bits per heavy atom. The van der Waals surface area contributed by atoms with Gasteiger partial charge in [-0.15, -0.1) is 0 Å². The first-order chi connectivity index (χ1) is 8.65. The van der Waals surface area contributed by atoms with Crippen LogP contribution in [-0.2, 0) is 0 Å². The highest BCUT2D eigenvalue weighted by Gasteiger charge is 2.62. The Labute approximate surface area is 110 Å². The minimum absolute atomic E-state index is 0.0544. The van der Waals surface area contributed by atoms with Crippen LogP contribution in [-0.4, -0.2) is 29.3 Å². The van der Waals surface area contributed by atoms with Crippen molar-refractivity contribution in [2.24, 2.45) is 23.0 Å². The SMILES string of the molecule is NCC1(C2(O)CC3CCC(C2)N3)CC2CCC1C2. The Bertz CT molecular complexity index is 346. The molecule has 2 aliphatic heterocycles. The molecule has 2 saturated carbocycles. The third-order valence-corrected chi connectivity index (χ3v) is 6.77. The molecule has 4 N–H and O–H groups in total. The number of hydrogen-bond donors (Lipinski definition) is 3. The molecule has 4 bridgehead atoms. The molecule has 0 aromatic carbocycles. The fourth-order valence-electron chi connectivity index (χ4n) is 5.98. The summed E-state index contributed by atoms with van der Waals surface area (Å²) in [6.07, 6.45) is 9.63. The molecule has 4 fully saturated rings. The third-order valence-electron chi connectivity index (χ3n) is 6.77. The second-order valence-corrected chi connectivity index (χ2v) is 7.52. The lowest BCUT2D eigenvalue weighted by atomic mass is 9.58. The van der Waals surface area contributed by atoms with Crippen molar-refractivity contribution >= 4 is 0 Å². The highest BCUT2D eigenvalue weighted by atomic mass is 16.3. The molecule has 3 nitrogen and oxygen atoms in total. The van der Waals surface area contributed by atoms with Gasteiger partial charge in [-0.3, -0.25) is 0 Å². The number of piperidine rings is 1. The quantitative estimate of drug-likeness (QED) is 0.694. The van der Waals surface area contributed by atoms with Gasteiger partial charge in [0.05, 0.1) is 5.60 Å². The van der Waals surface area contributed by atoms with Crippen LogP contribution in [0.2, 0.25) is 0 Å². The lowest BCUT2D eigenvalue weighted by molar-refractivity contribution is -0.136. The molecule has 0 aromatic heterocycles. The van der Waals surface area contributed by atoms with Crippen LogP contribution in [0.1, 0.15) is 51.4 Å². The predicted octanol–water partition coefficient (Wildman–Crippen LogP) is 1.40. The molecule has 0 spiro atoms. The first kappa shape index (κ1) is 11.7. The summed E-state index contributed by atoms with van der Waals surface area (Å²) in [4.78, 5) is 0. The predicted molar refractivity (Wildman–Crippen MR) is 71.1 cm³/mol. The largest absolute Gasteiger partial charge is 0.389 e. The number of rotatable bonds is 2. The Hall–Kier alpha value is -0.120. The van der Waals surface area contributed by atoms with Gasteiger partial charge in [-0.05, 0) is 56.8 Å². The summed E-state index contributed by atoms with van der Waals surface area (Å²) in [6.45, 7) is 0.699. The first-order valence-corrected chi connectivity index (χ1v) is 7.84. The van der Waals surface area contributed by atoms with Gasteiger partial charge in [-0.1, -0.05) is 6.42 Å². The van der Waals surface area contributed by atoms with Crippen molar-refractivity contribution < 1.29 is 5.11 Å². The van der Waals surface area contributed by atoms with Gasteiger partial charge in [-0.25, -0.2) is 0 Å². The lowest BCUT2D eigenvalue weighted by Crippen LogP contribution is -2.62. The average Bonchev–Trinajstić information content (AvgIpc) is 3.03. The molecule has 2 aliphatic carbocycles. The number of aliphatic hydroxyl groups is 1. The molecule has 0 aromatic rings. The maximum Gasteiger partial charge on any atom is 0.0748 e. The van der Waals surface area contributed by atoms with E-state index >= 15 is 0 Å². The first-order valence-electron chi connectivity index (χ1n) is 7.84. The molecule has 5 unspecified atom stereocenters. The fraction of sp³-hybridized carbons (Fsp3) is 1.00. The van der Waals surface area contributed by atoms with Crippen LogP contribution in [0.25, 0.3) is 0 Å². The smallest absolute Gasteiger partial charge is 0.0748 e. The molecule has 2 heterocycles. The summed E-state index contributed by atoms with van der Waals surface area (Å²) < 4.78 is 0. The zero-order chi connectivity index (χ0) is 12.4. The summed E-state index contributed by atoms with van der Waals surface area (Å²) in [6, 6.07) is 1.10. The molecule has 0 radical (unpaired) electrons. The van der Waals surface area contributed by atoms with Crippen LogP contribution in [0, 0.1) is 17.3 Å². The second kappa shape index (κ2) is 3.71. The van der Waals surface area contributed by atoms with E-state index in [0.717, 1.165) is 18.8 Å². The summed E-state index contributed by atoms with van der Waals surface area (Å²) in [5.41, 5.74) is 5.78. The summed E-state index contributed by atoms with van der Waals surface area (Å²) in [7, 11) is 0. The van der Waals surface area contributed by atoms with Crippen molar-refractivity contribution in [2.75, 3.05) is 6.54 Å². The molecule has 3 heteroatoms. The van der Waals surface area contributed by atoms with Gasteiger partial charge < -0.3 is 16.2 Å². The van der Waals surface area contributed by atoms with E-state index in [4.69, 9.17) is 5.73 Å². The van der Waals surface area contributed by atoms with Gasteiger partial charge in [0, 0.05) is 24.0 Å². The van der Waals surface area contributed by atoms with Crippen molar-refractivity contribution in [3.05, 3.63) is 0 Å². The van der Waals surface area contributed by atoms with Crippen LogP contribution in [0.15, 0.2) is 0 Å². The Morgan fingerprint density at radius 2 is 1.78 bits per heavy atom. The molecule has 18 heavy (non-hydrogen) atoms. The van der Waals surface area contributed by atoms with Gasteiger partial charge >= 0.3 is 0 Å². The Kier molecular flexibility index (Phi) is 2.41. The maximum absolute atomic E-state index is 11.4. The van der Waals surface area contributed by atoms with Crippen molar-refractivity contribution in [1.82, 2.24) is 5.32 Å². The van der Waals surface area contributed by atoms with E-state index in [-0.39, 0.29) is 5.41 Å². The van der Waals surface area contributed by atoms with Crippen LogP contribution in [0.4, 0.5) is 0 Å². The third kappa shape index (κ3) is 1.36. The molecule has 4 rings (SSSR count). The second-order valence-electron chi connectivity index (χ2n) is 7.52. The molecule has 2 saturated heterocycles. The monoisotopic (exact) mass is 250 g/mol. The average molecular weight is 250 g/mol. The van der Waals surface area contributed by atoms with Gasteiger partial charge in [0.1, 0.15) is 0 Å². The Balaban J connectivity index is 1.68. The molecule has 4 aliphatic rings. The molecule has 102 valence electrons. The van der Waals surface area contributed by atoms with E-state index in [0.29, 0.717) is 24.5 Å². The highest BCUT2D eigenvalue weighted by molar-refractivity contribution is 5.15. The van der Waals surface area contributed by atoms with Gasteiger partial charge in [-0.2, -0.15) is 0 Å². The van der Waals surface area contributed by atoms with Crippen molar-refractivity contribution in [3.8, 4) is 0 Å². The van der Waals surface area contributed by atoms with Crippen LogP contribution >= 0.6 is 0 Å². The van der Waals surface area contributed by atoms with Gasteiger partial charge in [0.2, 0.25) is 0 Å². The highest BCUT2D eigenvalue weighted by Crippen LogP contribution is 2.62. The van der Waals surface area contributed by atoms with E-state index in [2.05, 4.69) is 5.32 Å². The van der Waals surface area contributed by atoms with Gasteiger partial charge in [0.15, 0.2) is 0 Å². The summed E-state index contributed by atoms with van der Waals surface area (Å²) in [5.74, 6) is 1.56. The number of fused-ring (bicyclic) bond motifs is 4. The van der Waals surface area contributed by atoms with E-state index in [1.54, 1.807) is 0 Å².